The Bertz CT molecular complexity index is 1030. The highest BCUT2D eigenvalue weighted by molar-refractivity contribution is 5.90. The molecule has 1 aliphatic heterocycles. The van der Waals surface area contributed by atoms with Crippen LogP contribution in [-0.4, -0.2) is 36.1 Å². The molecule has 4 N–H and O–H groups in total. The molecule has 5 rings (SSSR count). The van der Waals surface area contributed by atoms with E-state index in [0.29, 0.717) is 11.9 Å². The number of aryl methyl sites for hydroxylation is 1. The molecule has 3 aromatic rings. The van der Waals surface area contributed by atoms with Crippen LogP contribution in [0, 0.1) is 6.92 Å². The van der Waals surface area contributed by atoms with Crippen molar-refractivity contribution in [3.8, 4) is 0 Å². The molecule has 2 aliphatic rings. The Labute approximate surface area is 177 Å². The lowest BCUT2D eigenvalue weighted by atomic mass is 9.92. The van der Waals surface area contributed by atoms with E-state index in [4.69, 9.17) is 10.7 Å². The average Bonchev–Trinajstić information content (AvgIpc) is 3.29. The lowest BCUT2D eigenvalue weighted by Crippen LogP contribution is -2.43. The molecule has 2 fully saturated rings. The number of fused-ring (bicyclic) bond motifs is 1. The van der Waals surface area contributed by atoms with Gasteiger partial charge in [0.2, 0.25) is 5.95 Å². The Morgan fingerprint density at radius 2 is 1.83 bits per heavy atom. The van der Waals surface area contributed by atoms with Gasteiger partial charge in [-0.1, -0.05) is 12.8 Å². The number of nitrogens with zero attached hydrogens (tertiary/aromatic N) is 3. The molecule has 2 aromatic carbocycles. The molecule has 0 bridgehead atoms. The molecule has 6 heteroatoms. The maximum absolute atomic E-state index is 6.47. The van der Waals surface area contributed by atoms with Crippen LogP contribution in [0.25, 0.3) is 10.9 Å². The number of hydrogen-bond acceptors (Lipinski definition) is 6. The van der Waals surface area contributed by atoms with Crippen molar-refractivity contribution in [1.82, 2.24) is 15.3 Å². The highest BCUT2D eigenvalue weighted by Crippen LogP contribution is 2.41. The fourth-order valence-electron chi connectivity index (χ4n) is 4.91. The topological polar surface area (TPSA) is 79.1 Å². The predicted octanol–water partition coefficient (Wildman–Crippen LogP) is 4.33. The Kier molecular flexibility index (Phi) is 5.17. The van der Waals surface area contributed by atoms with Gasteiger partial charge < -0.3 is 21.3 Å². The highest BCUT2D eigenvalue weighted by atomic mass is 15.2. The van der Waals surface area contributed by atoms with Crippen molar-refractivity contribution < 1.29 is 0 Å². The van der Waals surface area contributed by atoms with Crippen LogP contribution >= 0.6 is 0 Å². The zero-order chi connectivity index (χ0) is 20.5. The lowest BCUT2D eigenvalue weighted by Gasteiger charge is -2.29. The molecule has 0 spiro atoms. The molecule has 1 aliphatic carbocycles. The molecule has 30 heavy (non-hydrogen) atoms. The Hall–Kier alpha value is -2.86. The summed E-state index contributed by atoms with van der Waals surface area (Å²) in [5.41, 5.74) is 13.0. The minimum Gasteiger partial charge on any atom is -0.398 e. The summed E-state index contributed by atoms with van der Waals surface area (Å²) in [6.45, 7) is 6.26. The summed E-state index contributed by atoms with van der Waals surface area (Å²) in [6, 6.07) is 10.6. The molecule has 0 amide bonds. The number of aromatic nitrogens is 2. The monoisotopic (exact) mass is 402 g/mol. The van der Waals surface area contributed by atoms with E-state index >= 15 is 0 Å². The normalized spacial score (nSPS) is 17.6. The molecule has 1 aromatic heterocycles. The van der Waals surface area contributed by atoms with Crippen molar-refractivity contribution in [3.05, 3.63) is 47.7 Å². The zero-order valence-corrected chi connectivity index (χ0v) is 17.6. The average molecular weight is 403 g/mol. The predicted molar refractivity (Wildman–Crippen MR) is 125 cm³/mol. The van der Waals surface area contributed by atoms with Gasteiger partial charge in [0.25, 0.3) is 0 Å². The number of hydrogen-bond donors (Lipinski definition) is 3. The van der Waals surface area contributed by atoms with Crippen molar-refractivity contribution in [2.45, 2.75) is 38.5 Å². The van der Waals surface area contributed by atoms with Gasteiger partial charge in [-0.3, -0.25) is 0 Å². The SMILES string of the molecule is Cc1cc(N)c(C2CCCC2)c2nc(Nc3ccc(N4CCNCC4)cc3)ncc12. The van der Waals surface area contributed by atoms with Crippen molar-refractivity contribution in [1.29, 1.82) is 0 Å². The fourth-order valence-corrected chi connectivity index (χ4v) is 4.91. The van der Waals surface area contributed by atoms with Gasteiger partial charge >= 0.3 is 0 Å². The standard InChI is InChI=1S/C24H30N6/c1-16-14-21(25)22(17-4-2-3-5-17)23-20(16)15-27-24(29-23)28-18-6-8-19(9-7-18)30-12-10-26-11-13-30/h6-9,14-15,17,26H,2-5,10-13,25H2,1H3,(H,27,28,29). The molecule has 156 valence electrons. The quantitative estimate of drug-likeness (QED) is 0.564. The molecular formula is C24H30N6. The van der Waals surface area contributed by atoms with E-state index in [1.807, 2.05) is 6.20 Å². The second kappa shape index (κ2) is 8.11. The first-order chi connectivity index (χ1) is 14.7. The summed E-state index contributed by atoms with van der Waals surface area (Å²) in [6.07, 6.45) is 6.88. The van der Waals surface area contributed by atoms with Crippen molar-refractivity contribution in [2.24, 2.45) is 0 Å². The van der Waals surface area contributed by atoms with Crippen LogP contribution in [0.5, 0.6) is 0 Å². The largest absolute Gasteiger partial charge is 0.398 e. The number of nitrogens with one attached hydrogen (secondary N) is 2. The van der Waals surface area contributed by atoms with Crippen molar-refractivity contribution in [2.75, 3.05) is 42.1 Å². The summed E-state index contributed by atoms with van der Waals surface area (Å²) >= 11 is 0. The molecule has 0 unspecified atom stereocenters. The van der Waals surface area contributed by atoms with Gasteiger partial charge in [-0.25, -0.2) is 9.97 Å². The fraction of sp³-hybridized carbons (Fsp3) is 0.417. The second-order valence-electron chi connectivity index (χ2n) is 8.54. The Morgan fingerprint density at radius 1 is 1.10 bits per heavy atom. The minimum atomic E-state index is 0.508. The first-order valence-corrected chi connectivity index (χ1v) is 11.1. The van der Waals surface area contributed by atoms with E-state index in [9.17, 15) is 0 Å². The number of nitrogens with two attached hydrogens (primary N) is 1. The van der Waals surface area contributed by atoms with E-state index in [1.165, 1.54) is 36.9 Å². The smallest absolute Gasteiger partial charge is 0.227 e. The molecule has 1 saturated carbocycles. The van der Waals surface area contributed by atoms with Crippen LogP contribution < -0.4 is 21.3 Å². The van der Waals surface area contributed by atoms with Crippen LogP contribution in [0.1, 0.15) is 42.7 Å². The van der Waals surface area contributed by atoms with Gasteiger partial charge in [-0.15, -0.1) is 0 Å². The Morgan fingerprint density at radius 3 is 2.57 bits per heavy atom. The zero-order valence-electron chi connectivity index (χ0n) is 17.6. The highest BCUT2D eigenvalue weighted by Gasteiger charge is 2.23. The van der Waals surface area contributed by atoms with Crippen LogP contribution in [0.15, 0.2) is 36.5 Å². The number of piperazine rings is 1. The van der Waals surface area contributed by atoms with Gasteiger partial charge in [-0.05, 0) is 61.6 Å². The summed E-state index contributed by atoms with van der Waals surface area (Å²) in [7, 11) is 0. The summed E-state index contributed by atoms with van der Waals surface area (Å²) in [4.78, 5) is 11.9. The van der Waals surface area contributed by atoms with Crippen LogP contribution in [0.4, 0.5) is 23.0 Å². The first kappa shape index (κ1) is 19.1. The van der Waals surface area contributed by atoms with Crippen molar-refractivity contribution >= 4 is 33.9 Å². The molecule has 2 heterocycles. The third kappa shape index (κ3) is 3.67. The molecule has 0 atom stereocenters. The number of anilines is 4. The van der Waals surface area contributed by atoms with Gasteiger partial charge in [0, 0.05) is 60.4 Å². The van der Waals surface area contributed by atoms with E-state index in [-0.39, 0.29) is 0 Å². The number of benzene rings is 2. The van der Waals surface area contributed by atoms with E-state index in [2.05, 4.69) is 57.8 Å². The van der Waals surface area contributed by atoms with Crippen LogP contribution in [-0.2, 0) is 0 Å². The van der Waals surface area contributed by atoms with Gasteiger partial charge in [0.1, 0.15) is 0 Å². The molecule has 6 nitrogen and oxygen atoms in total. The van der Waals surface area contributed by atoms with Crippen molar-refractivity contribution in [3.63, 3.8) is 0 Å². The number of rotatable bonds is 4. The van der Waals surface area contributed by atoms with E-state index in [1.54, 1.807) is 0 Å². The summed E-state index contributed by atoms with van der Waals surface area (Å²) in [5.74, 6) is 1.14. The lowest BCUT2D eigenvalue weighted by molar-refractivity contribution is 0.589. The summed E-state index contributed by atoms with van der Waals surface area (Å²) < 4.78 is 0. The number of nitrogen functional groups attached to an aromatic ring is 1. The molecule has 1 saturated heterocycles. The first-order valence-electron chi connectivity index (χ1n) is 11.1. The van der Waals surface area contributed by atoms with Crippen LogP contribution in [0.2, 0.25) is 0 Å². The molecule has 0 radical (unpaired) electrons. The van der Waals surface area contributed by atoms with Gasteiger partial charge in [0.05, 0.1) is 5.52 Å². The second-order valence-corrected chi connectivity index (χ2v) is 8.54. The summed E-state index contributed by atoms with van der Waals surface area (Å²) in [5, 5.41) is 7.89. The Balaban J connectivity index is 1.44. The van der Waals surface area contributed by atoms with E-state index < -0.39 is 0 Å². The maximum Gasteiger partial charge on any atom is 0.227 e. The van der Waals surface area contributed by atoms with Crippen LogP contribution in [0.3, 0.4) is 0 Å². The van der Waals surface area contributed by atoms with Gasteiger partial charge in [-0.2, -0.15) is 0 Å². The molecular weight excluding hydrogens is 372 g/mol. The van der Waals surface area contributed by atoms with E-state index in [0.717, 1.165) is 54.0 Å². The minimum absolute atomic E-state index is 0.508. The van der Waals surface area contributed by atoms with Gasteiger partial charge in [0.15, 0.2) is 0 Å². The third-order valence-electron chi connectivity index (χ3n) is 6.52. The maximum atomic E-state index is 6.47. The third-order valence-corrected chi connectivity index (χ3v) is 6.52.